The van der Waals surface area contributed by atoms with Gasteiger partial charge in [-0.05, 0) is 24.3 Å². The van der Waals surface area contributed by atoms with Gasteiger partial charge in [0.25, 0.3) is 10.0 Å². The van der Waals surface area contributed by atoms with Crippen molar-refractivity contribution >= 4 is 15.7 Å². The largest absolute Gasteiger partial charge is 0.267 e. The fourth-order valence-corrected chi connectivity index (χ4v) is 2.96. The molecular weight excluding hydrogens is 281 g/mol. The molecule has 0 N–H and O–H groups in total. The number of aromatic nitrogens is 1. The Kier molecular flexibility index (Phi) is 3.68. The maximum Gasteiger partial charge on any atom is 0.267 e. The fraction of sp³-hybridized carbons (Fsp3) is 0.0769. The van der Waals surface area contributed by atoms with Crippen LogP contribution < -0.4 is 4.31 Å². The number of anilines is 1. The van der Waals surface area contributed by atoms with Crippen LogP contribution in [0.25, 0.3) is 0 Å². The van der Waals surface area contributed by atoms with Crippen LogP contribution in [0.5, 0.6) is 0 Å². The number of hydrogen-bond donors (Lipinski definition) is 0. The minimum Gasteiger partial charge on any atom is -0.266 e. The zero-order valence-corrected chi connectivity index (χ0v) is 11.3. The van der Waals surface area contributed by atoms with E-state index in [1.165, 1.54) is 43.6 Å². The minimum absolute atomic E-state index is 0.0970. The molecule has 0 bridgehead atoms. The molecule has 7 heteroatoms. The Morgan fingerprint density at radius 1 is 1.25 bits per heavy atom. The molecule has 2 rings (SSSR count). The van der Waals surface area contributed by atoms with Crippen molar-refractivity contribution in [2.75, 3.05) is 11.4 Å². The maximum atomic E-state index is 13.7. The van der Waals surface area contributed by atoms with Crippen LogP contribution >= 0.6 is 0 Å². The van der Waals surface area contributed by atoms with E-state index < -0.39 is 15.8 Å². The topological polar surface area (TPSA) is 74.1 Å². The molecule has 0 spiro atoms. The molecular formula is C13H10FN3O2S. The van der Waals surface area contributed by atoms with E-state index in [4.69, 9.17) is 5.26 Å². The van der Waals surface area contributed by atoms with Crippen LogP contribution in [-0.4, -0.2) is 20.4 Å². The lowest BCUT2D eigenvalue weighted by atomic mass is 10.3. The van der Waals surface area contributed by atoms with Crippen molar-refractivity contribution in [3.8, 4) is 6.07 Å². The van der Waals surface area contributed by atoms with Gasteiger partial charge in [-0.3, -0.25) is 4.31 Å². The van der Waals surface area contributed by atoms with Gasteiger partial charge in [-0.1, -0.05) is 12.1 Å². The number of nitriles is 1. The molecule has 0 aliphatic rings. The van der Waals surface area contributed by atoms with E-state index in [1.807, 2.05) is 0 Å². The molecule has 1 aromatic carbocycles. The number of hydrogen-bond acceptors (Lipinski definition) is 4. The predicted octanol–water partition coefficient (Wildman–Crippen LogP) is 1.92. The highest BCUT2D eigenvalue weighted by atomic mass is 32.2. The summed E-state index contributed by atoms with van der Waals surface area (Å²) >= 11 is 0. The molecule has 0 atom stereocenters. The number of benzene rings is 1. The highest BCUT2D eigenvalue weighted by molar-refractivity contribution is 7.92. The van der Waals surface area contributed by atoms with E-state index >= 15 is 0 Å². The van der Waals surface area contributed by atoms with Crippen molar-refractivity contribution in [1.82, 2.24) is 4.98 Å². The molecule has 0 aliphatic heterocycles. The molecule has 0 amide bonds. The average Bonchev–Trinajstić information content (AvgIpc) is 2.47. The number of halogens is 1. The molecule has 20 heavy (non-hydrogen) atoms. The third kappa shape index (κ3) is 2.33. The zero-order chi connectivity index (χ0) is 14.8. The van der Waals surface area contributed by atoms with Gasteiger partial charge in [-0.2, -0.15) is 5.26 Å². The molecule has 0 fully saturated rings. The van der Waals surface area contributed by atoms with Gasteiger partial charge < -0.3 is 0 Å². The molecule has 5 nitrogen and oxygen atoms in total. The van der Waals surface area contributed by atoms with E-state index in [9.17, 15) is 12.8 Å². The number of rotatable bonds is 3. The van der Waals surface area contributed by atoms with Crippen molar-refractivity contribution < 1.29 is 12.8 Å². The van der Waals surface area contributed by atoms with Crippen molar-refractivity contribution in [3.05, 3.63) is 54.1 Å². The molecule has 0 radical (unpaired) electrons. The first kappa shape index (κ1) is 14.0. The smallest absolute Gasteiger partial charge is 0.266 e. The lowest BCUT2D eigenvalue weighted by molar-refractivity contribution is 0.589. The van der Waals surface area contributed by atoms with Crippen molar-refractivity contribution in [3.63, 3.8) is 0 Å². The Labute approximate surface area is 116 Å². The second-order valence-corrected chi connectivity index (χ2v) is 5.82. The van der Waals surface area contributed by atoms with Gasteiger partial charge in [0.15, 0.2) is 5.69 Å². The molecule has 0 saturated carbocycles. The highest BCUT2D eigenvalue weighted by Crippen LogP contribution is 2.25. The Morgan fingerprint density at radius 3 is 2.60 bits per heavy atom. The van der Waals surface area contributed by atoms with Crippen molar-refractivity contribution in [2.45, 2.75) is 4.90 Å². The first-order valence-electron chi connectivity index (χ1n) is 5.57. The number of pyridine rings is 1. The molecule has 1 aromatic heterocycles. The summed E-state index contributed by atoms with van der Waals surface area (Å²) in [6.07, 6.45) is 1.32. The normalized spacial score (nSPS) is 10.8. The highest BCUT2D eigenvalue weighted by Gasteiger charge is 2.26. The second kappa shape index (κ2) is 5.27. The first-order valence-corrected chi connectivity index (χ1v) is 7.01. The van der Waals surface area contributed by atoms with Crippen LogP contribution in [0.4, 0.5) is 10.1 Å². The predicted molar refractivity (Wildman–Crippen MR) is 70.9 cm³/mol. The Hall–Kier alpha value is -2.46. The summed E-state index contributed by atoms with van der Waals surface area (Å²) in [4.78, 5) is 3.45. The summed E-state index contributed by atoms with van der Waals surface area (Å²) in [6.45, 7) is 0. The summed E-state index contributed by atoms with van der Waals surface area (Å²) in [5, 5.41) is 8.92. The van der Waals surface area contributed by atoms with E-state index in [-0.39, 0.29) is 16.3 Å². The number of sulfonamides is 1. The monoisotopic (exact) mass is 291 g/mol. The summed E-state index contributed by atoms with van der Waals surface area (Å²) in [7, 11) is -2.82. The van der Waals surface area contributed by atoms with Gasteiger partial charge in [-0.25, -0.2) is 17.8 Å². The Balaban J connectivity index is 2.57. The minimum atomic E-state index is -4.05. The summed E-state index contributed by atoms with van der Waals surface area (Å²) in [5.74, 6) is -0.666. The van der Waals surface area contributed by atoms with Gasteiger partial charge in [0.05, 0.1) is 5.69 Å². The van der Waals surface area contributed by atoms with E-state index in [2.05, 4.69) is 4.98 Å². The molecule has 2 aromatic rings. The van der Waals surface area contributed by atoms with Crippen molar-refractivity contribution in [2.24, 2.45) is 0 Å². The Bertz CT molecular complexity index is 784. The van der Waals surface area contributed by atoms with Gasteiger partial charge in [0.2, 0.25) is 0 Å². The van der Waals surface area contributed by atoms with Crippen LogP contribution in [0.3, 0.4) is 0 Å². The third-order valence-electron chi connectivity index (χ3n) is 2.71. The molecule has 0 aliphatic carbocycles. The van der Waals surface area contributed by atoms with E-state index in [0.717, 1.165) is 10.4 Å². The molecule has 102 valence electrons. The van der Waals surface area contributed by atoms with E-state index in [0.29, 0.717) is 0 Å². The van der Waals surface area contributed by atoms with Gasteiger partial charge >= 0.3 is 0 Å². The van der Waals surface area contributed by atoms with Gasteiger partial charge in [0, 0.05) is 13.2 Å². The summed E-state index contributed by atoms with van der Waals surface area (Å²) < 4.78 is 39.3. The SMILES string of the molecule is CN(c1ccccc1F)S(=O)(=O)c1cccnc1C#N. The van der Waals surface area contributed by atoms with Crippen LogP contribution in [0.1, 0.15) is 5.69 Å². The van der Waals surface area contributed by atoms with Crippen LogP contribution in [0.2, 0.25) is 0 Å². The zero-order valence-electron chi connectivity index (χ0n) is 10.5. The number of nitrogens with zero attached hydrogens (tertiary/aromatic N) is 3. The standard InChI is InChI=1S/C13H10FN3O2S/c1-17(12-6-3-2-5-10(12)14)20(18,19)13-7-4-8-16-11(13)9-15/h2-8H,1H3. The molecule has 1 heterocycles. The molecule has 0 saturated heterocycles. The van der Waals surface area contributed by atoms with Gasteiger partial charge in [0.1, 0.15) is 16.8 Å². The lowest BCUT2D eigenvalue weighted by Gasteiger charge is -2.20. The van der Waals surface area contributed by atoms with E-state index in [1.54, 1.807) is 6.07 Å². The summed E-state index contributed by atoms with van der Waals surface area (Å²) in [6, 6.07) is 9.87. The van der Waals surface area contributed by atoms with Crippen molar-refractivity contribution in [1.29, 1.82) is 5.26 Å². The first-order chi connectivity index (χ1) is 9.48. The van der Waals surface area contributed by atoms with Gasteiger partial charge in [-0.15, -0.1) is 0 Å². The van der Waals surface area contributed by atoms with Crippen LogP contribution in [0.15, 0.2) is 47.5 Å². The quantitative estimate of drug-likeness (QED) is 0.866. The molecule has 0 unspecified atom stereocenters. The fourth-order valence-electron chi connectivity index (χ4n) is 1.67. The maximum absolute atomic E-state index is 13.7. The lowest BCUT2D eigenvalue weighted by Crippen LogP contribution is -2.28. The summed E-state index contributed by atoms with van der Waals surface area (Å²) in [5.41, 5.74) is -0.323. The Morgan fingerprint density at radius 2 is 1.95 bits per heavy atom. The second-order valence-electron chi connectivity index (χ2n) is 3.89. The number of para-hydroxylation sites is 1. The van der Waals surface area contributed by atoms with Crippen LogP contribution in [-0.2, 0) is 10.0 Å². The third-order valence-corrected chi connectivity index (χ3v) is 4.51. The average molecular weight is 291 g/mol. The van der Waals surface area contributed by atoms with Crippen LogP contribution in [0, 0.1) is 17.1 Å².